The number of carbonyl (C=O) groups excluding carboxylic acids is 1. The maximum atomic E-state index is 13.5. The summed E-state index contributed by atoms with van der Waals surface area (Å²) in [7, 11) is 0. The van der Waals surface area contributed by atoms with Gasteiger partial charge in [-0.2, -0.15) is 0 Å². The number of hydrogen-bond acceptors (Lipinski definition) is 7. The highest BCUT2D eigenvalue weighted by molar-refractivity contribution is 7.15. The van der Waals surface area contributed by atoms with E-state index in [1.165, 1.54) is 11.3 Å². The topological polar surface area (TPSA) is 77.9 Å². The molecular weight excluding hydrogens is 448 g/mol. The van der Waals surface area contributed by atoms with E-state index < -0.39 is 12.3 Å². The van der Waals surface area contributed by atoms with Crippen LogP contribution < -0.4 is 5.32 Å². The van der Waals surface area contributed by atoms with Gasteiger partial charge in [0.15, 0.2) is 5.13 Å². The zero-order valence-electron chi connectivity index (χ0n) is 19.1. The molecule has 2 N–H and O–H groups in total. The van der Waals surface area contributed by atoms with E-state index in [1.54, 1.807) is 0 Å². The maximum Gasteiger partial charge on any atom is 0.248 e. The minimum Gasteiger partial charge on any atom is -0.379 e. The number of hydrogen-bond donors (Lipinski definition) is 2. The monoisotopic (exact) mass is 478 g/mol. The number of nitrogens with one attached hydrogen (secondary N) is 1. The van der Waals surface area contributed by atoms with Gasteiger partial charge in [0.1, 0.15) is 12.3 Å². The van der Waals surface area contributed by atoms with Crippen LogP contribution in [0, 0.1) is 0 Å². The number of anilines is 1. The number of fused-ring (bicyclic) bond motifs is 1. The fraction of sp³-hybridized carbons (Fsp3) is 0.385. The van der Waals surface area contributed by atoms with Crippen LogP contribution >= 0.6 is 11.3 Å². The number of aliphatic hydroxyl groups excluding tert-OH is 1. The second-order valence-corrected chi connectivity index (χ2v) is 9.85. The van der Waals surface area contributed by atoms with Crippen LogP contribution in [0.5, 0.6) is 0 Å². The molecule has 2 aromatic carbocycles. The fourth-order valence-electron chi connectivity index (χ4n) is 4.71. The highest BCUT2D eigenvalue weighted by Crippen LogP contribution is 2.39. The Morgan fingerprint density at radius 2 is 1.91 bits per heavy atom. The van der Waals surface area contributed by atoms with E-state index in [9.17, 15) is 9.90 Å². The first-order valence-electron chi connectivity index (χ1n) is 11.8. The number of morpholine rings is 1. The van der Waals surface area contributed by atoms with Gasteiger partial charge in [-0.05, 0) is 36.1 Å². The van der Waals surface area contributed by atoms with Crippen LogP contribution in [-0.4, -0.2) is 58.6 Å². The van der Waals surface area contributed by atoms with Gasteiger partial charge < -0.3 is 15.2 Å². The molecule has 1 aromatic heterocycles. The van der Waals surface area contributed by atoms with Crippen molar-refractivity contribution in [2.75, 3.05) is 38.2 Å². The third-order valence-corrected chi connectivity index (χ3v) is 7.45. The van der Waals surface area contributed by atoms with E-state index in [0.29, 0.717) is 11.7 Å². The smallest absolute Gasteiger partial charge is 0.248 e. The number of amides is 1. The van der Waals surface area contributed by atoms with Crippen LogP contribution in [0.3, 0.4) is 0 Å². The summed E-state index contributed by atoms with van der Waals surface area (Å²) >= 11 is 1.52. The number of thiazole rings is 1. The SMILES string of the molecule is O=C(Nc1ncc(CCCN2CCOCC2)s1)[C@@H](c1ccccc1)N1Cc2ccccc2C1O. The van der Waals surface area contributed by atoms with Crippen molar-refractivity contribution in [1.29, 1.82) is 0 Å². The fourth-order valence-corrected chi connectivity index (χ4v) is 5.57. The van der Waals surface area contributed by atoms with Crippen molar-refractivity contribution in [2.45, 2.75) is 31.7 Å². The molecule has 1 unspecified atom stereocenters. The van der Waals surface area contributed by atoms with Crippen LogP contribution in [0.1, 0.15) is 40.3 Å². The lowest BCUT2D eigenvalue weighted by atomic mass is 10.0. The highest BCUT2D eigenvalue weighted by atomic mass is 32.1. The van der Waals surface area contributed by atoms with Crippen LogP contribution in [0.2, 0.25) is 0 Å². The van der Waals surface area contributed by atoms with Gasteiger partial charge >= 0.3 is 0 Å². The van der Waals surface area contributed by atoms with Gasteiger partial charge in [-0.3, -0.25) is 14.6 Å². The molecule has 178 valence electrons. The number of benzene rings is 2. The van der Waals surface area contributed by atoms with Crippen LogP contribution in [-0.2, 0) is 22.5 Å². The summed E-state index contributed by atoms with van der Waals surface area (Å²) in [5.74, 6) is -0.188. The zero-order valence-corrected chi connectivity index (χ0v) is 19.9. The molecule has 0 spiro atoms. The lowest BCUT2D eigenvalue weighted by Gasteiger charge is -2.29. The Balaban J connectivity index is 1.26. The molecule has 34 heavy (non-hydrogen) atoms. The third kappa shape index (κ3) is 5.21. The Morgan fingerprint density at radius 1 is 1.15 bits per heavy atom. The molecule has 8 heteroatoms. The summed E-state index contributed by atoms with van der Waals surface area (Å²) in [6.07, 6.45) is 3.02. The van der Waals surface area contributed by atoms with E-state index >= 15 is 0 Å². The van der Waals surface area contributed by atoms with Crippen molar-refractivity contribution in [3.05, 3.63) is 82.4 Å². The number of rotatable bonds is 8. The Morgan fingerprint density at radius 3 is 2.71 bits per heavy atom. The largest absolute Gasteiger partial charge is 0.379 e. The number of aromatic nitrogens is 1. The Bertz CT molecular complexity index is 1100. The van der Waals surface area contributed by atoms with Crippen molar-refractivity contribution < 1.29 is 14.6 Å². The number of nitrogens with zero attached hydrogens (tertiary/aromatic N) is 3. The standard InChI is InChI=1S/C26H30N4O3S/c31-24(28-26-27-17-21(34-26)10-6-12-29-13-15-33-16-14-29)23(19-7-2-1-3-8-19)30-18-20-9-4-5-11-22(20)25(30)32/h1-5,7-9,11,17,23,25,32H,6,10,12-16,18H2,(H,27,28,31)/t23-,25?/m1/s1. The molecule has 1 fully saturated rings. The van der Waals surface area contributed by atoms with Crippen LogP contribution in [0.25, 0.3) is 0 Å². The molecule has 2 aliphatic rings. The van der Waals surface area contributed by atoms with Gasteiger partial charge in [0, 0.05) is 30.7 Å². The van der Waals surface area contributed by atoms with Gasteiger partial charge in [-0.25, -0.2) is 4.98 Å². The minimum absolute atomic E-state index is 0.188. The van der Waals surface area contributed by atoms with E-state index in [1.807, 2.05) is 65.7 Å². The normalized spacial score (nSPS) is 19.6. The number of aryl methyl sites for hydroxylation is 1. The van der Waals surface area contributed by atoms with E-state index in [-0.39, 0.29) is 5.91 Å². The summed E-state index contributed by atoms with van der Waals surface area (Å²) in [5.41, 5.74) is 2.74. The Kier molecular flexibility index (Phi) is 7.32. The third-order valence-electron chi connectivity index (χ3n) is 6.48. The number of ether oxygens (including phenoxy) is 1. The summed E-state index contributed by atoms with van der Waals surface area (Å²) in [6, 6.07) is 16.8. The molecule has 0 bridgehead atoms. The van der Waals surface area contributed by atoms with Crippen molar-refractivity contribution in [3.8, 4) is 0 Å². The predicted molar refractivity (Wildman–Crippen MR) is 132 cm³/mol. The quantitative estimate of drug-likeness (QED) is 0.515. The van der Waals surface area contributed by atoms with E-state index in [2.05, 4.69) is 15.2 Å². The lowest BCUT2D eigenvalue weighted by molar-refractivity contribution is -0.126. The van der Waals surface area contributed by atoms with Crippen molar-refractivity contribution in [3.63, 3.8) is 0 Å². The summed E-state index contributed by atoms with van der Waals surface area (Å²) in [4.78, 5) is 23.4. The first-order chi connectivity index (χ1) is 16.7. The van der Waals surface area contributed by atoms with E-state index in [4.69, 9.17) is 4.74 Å². The average Bonchev–Trinajstić information content (AvgIpc) is 3.45. The van der Waals surface area contributed by atoms with Crippen LogP contribution in [0.15, 0.2) is 60.8 Å². The molecule has 0 saturated carbocycles. The maximum absolute atomic E-state index is 13.5. The number of aliphatic hydroxyl groups is 1. The Hall–Kier alpha value is -2.62. The van der Waals surface area contributed by atoms with Crippen molar-refractivity contribution in [1.82, 2.24) is 14.8 Å². The second kappa shape index (κ2) is 10.8. The van der Waals surface area contributed by atoms with Gasteiger partial charge in [-0.15, -0.1) is 11.3 Å². The summed E-state index contributed by atoms with van der Waals surface area (Å²) < 4.78 is 5.41. The number of carbonyl (C=O) groups is 1. The van der Waals surface area contributed by atoms with Gasteiger partial charge in [0.2, 0.25) is 5.91 Å². The van der Waals surface area contributed by atoms with Gasteiger partial charge in [-0.1, -0.05) is 54.6 Å². The lowest BCUT2D eigenvalue weighted by Crippen LogP contribution is -2.36. The predicted octanol–water partition coefficient (Wildman–Crippen LogP) is 3.59. The molecular formula is C26H30N4O3S. The molecule has 1 saturated heterocycles. The molecule has 3 aromatic rings. The van der Waals surface area contributed by atoms with E-state index in [0.717, 1.165) is 67.3 Å². The first kappa shape index (κ1) is 23.1. The first-order valence-corrected chi connectivity index (χ1v) is 12.6. The molecule has 0 radical (unpaired) electrons. The summed E-state index contributed by atoms with van der Waals surface area (Å²) in [6.45, 7) is 5.18. The van der Waals surface area contributed by atoms with Gasteiger partial charge in [0.25, 0.3) is 0 Å². The molecule has 0 aliphatic carbocycles. The highest BCUT2D eigenvalue weighted by Gasteiger charge is 2.38. The van der Waals surface area contributed by atoms with Crippen molar-refractivity contribution in [2.24, 2.45) is 0 Å². The molecule has 2 aliphatic heterocycles. The minimum atomic E-state index is -0.834. The van der Waals surface area contributed by atoms with Crippen molar-refractivity contribution >= 4 is 22.4 Å². The van der Waals surface area contributed by atoms with Gasteiger partial charge in [0.05, 0.1) is 13.2 Å². The molecule has 5 rings (SSSR count). The summed E-state index contributed by atoms with van der Waals surface area (Å²) in [5, 5.41) is 14.6. The zero-order chi connectivity index (χ0) is 23.3. The molecule has 3 heterocycles. The van der Waals surface area contributed by atoms with Crippen LogP contribution in [0.4, 0.5) is 5.13 Å². The molecule has 2 atom stereocenters. The molecule has 7 nitrogen and oxygen atoms in total. The Labute approximate surface area is 204 Å². The second-order valence-electron chi connectivity index (χ2n) is 8.74. The average molecular weight is 479 g/mol. The molecule has 1 amide bonds.